The summed E-state index contributed by atoms with van der Waals surface area (Å²) < 4.78 is 0. The quantitative estimate of drug-likeness (QED) is 0.902. The highest BCUT2D eigenvalue weighted by atomic mass is 35.5. The molecule has 0 aliphatic carbocycles. The van der Waals surface area contributed by atoms with Gasteiger partial charge in [-0.15, -0.1) is 12.4 Å². The summed E-state index contributed by atoms with van der Waals surface area (Å²) in [6, 6.07) is 9.18. The van der Waals surface area contributed by atoms with E-state index in [0.29, 0.717) is 6.04 Å². The minimum Gasteiger partial charge on any atom is -0.381 e. The van der Waals surface area contributed by atoms with Gasteiger partial charge in [-0.3, -0.25) is 4.98 Å². The Labute approximate surface area is 140 Å². The molecule has 1 aromatic carbocycles. The van der Waals surface area contributed by atoms with E-state index < -0.39 is 0 Å². The molecule has 1 N–H and O–H groups in total. The summed E-state index contributed by atoms with van der Waals surface area (Å²) in [5.41, 5.74) is 1.22. The largest absolute Gasteiger partial charge is 0.381 e. The first-order valence-corrected chi connectivity index (χ1v) is 7.53. The second-order valence-electron chi connectivity index (χ2n) is 6.22. The number of pyridine rings is 1. The molecule has 2 aromatic rings. The molecule has 0 unspecified atom stereocenters. The Kier molecular flexibility index (Phi) is 7.11. The molecule has 1 atom stereocenters. The molecule has 0 bridgehead atoms. The van der Waals surface area contributed by atoms with E-state index >= 15 is 0 Å². The fraction of sp³-hybridized carbons (Fsp3) is 0.500. The van der Waals surface area contributed by atoms with Crippen molar-refractivity contribution in [2.75, 3.05) is 25.0 Å². The molecule has 122 valence electrons. The van der Waals surface area contributed by atoms with Crippen LogP contribution in [0.2, 0.25) is 0 Å². The van der Waals surface area contributed by atoms with E-state index in [9.17, 15) is 0 Å². The van der Waals surface area contributed by atoms with Gasteiger partial charge < -0.3 is 10.2 Å². The maximum absolute atomic E-state index is 4.16. The number of halogens is 1. The van der Waals surface area contributed by atoms with Crippen molar-refractivity contribution in [3.8, 4) is 0 Å². The van der Waals surface area contributed by atoms with Crippen LogP contribution in [-0.2, 0) is 0 Å². The summed E-state index contributed by atoms with van der Waals surface area (Å²) in [7, 11) is 0. The summed E-state index contributed by atoms with van der Waals surface area (Å²) in [4.78, 5) is 6.72. The number of nitrogens with zero attached hydrogens (tertiary/aromatic N) is 2. The van der Waals surface area contributed by atoms with E-state index in [1.54, 1.807) is 0 Å². The molecule has 1 fully saturated rings. The standard InChI is InChI=1S/C17H23N3.CH4.ClH/c1-13(2)11-20-8-6-17(12-20)19-16-4-3-15-10-18-7-5-14(15)9-16;;/h3-5,7,9-10,13,17,19H,6,8,11-12H2,1-2H3;1H4;1H/t17-;;/m1../s1. The van der Waals surface area contributed by atoms with Gasteiger partial charge in [0.2, 0.25) is 0 Å². The molecule has 1 aliphatic heterocycles. The Balaban J connectivity index is 0.00000121. The number of anilines is 1. The van der Waals surface area contributed by atoms with E-state index in [0.717, 1.165) is 12.5 Å². The zero-order valence-corrected chi connectivity index (χ0v) is 13.6. The molecule has 0 spiro atoms. The topological polar surface area (TPSA) is 28.2 Å². The molecule has 3 nitrogen and oxygen atoms in total. The average Bonchev–Trinajstić information content (AvgIpc) is 2.85. The van der Waals surface area contributed by atoms with Crippen LogP contribution in [0.3, 0.4) is 0 Å². The minimum absolute atomic E-state index is 0. The second kappa shape index (κ2) is 8.35. The van der Waals surface area contributed by atoms with Crippen molar-refractivity contribution in [3.63, 3.8) is 0 Å². The van der Waals surface area contributed by atoms with Crippen LogP contribution < -0.4 is 5.32 Å². The van der Waals surface area contributed by atoms with Crippen LogP contribution in [0.1, 0.15) is 27.7 Å². The van der Waals surface area contributed by atoms with E-state index in [4.69, 9.17) is 0 Å². The van der Waals surface area contributed by atoms with Gasteiger partial charge in [-0.25, -0.2) is 0 Å². The molecule has 0 radical (unpaired) electrons. The van der Waals surface area contributed by atoms with E-state index in [1.807, 2.05) is 12.4 Å². The third-order valence-electron chi connectivity index (χ3n) is 3.91. The number of nitrogens with one attached hydrogen (secondary N) is 1. The van der Waals surface area contributed by atoms with Crippen LogP contribution in [0.5, 0.6) is 0 Å². The van der Waals surface area contributed by atoms with Crippen molar-refractivity contribution in [1.29, 1.82) is 0 Å². The van der Waals surface area contributed by atoms with Crippen LogP contribution >= 0.6 is 12.4 Å². The van der Waals surface area contributed by atoms with Crippen LogP contribution in [0.25, 0.3) is 10.8 Å². The molecular formula is C18H28ClN3. The van der Waals surface area contributed by atoms with Gasteiger partial charge in [0.1, 0.15) is 0 Å². The smallest absolute Gasteiger partial charge is 0.0400 e. The Hall–Kier alpha value is -1.32. The highest BCUT2D eigenvalue weighted by molar-refractivity contribution is 5.85. The number of rotatable bonds is 4. The third kappa shape index (κ3) is 4.59. The normalized spacial score (nSPS) is 18.0. The Morgan fingerprint density at radius 3 is 2.86 bits per heavy atom. The number of likely N-dealkylation sites (tertiary alicyclic amines) is 1. The number of benzene rings is 1. The maximum Gasteiger partial charge on any atom is 0.0400 e. The van der Waals surface area contributed by atoms with Gasteiger partial charge in [0, 0.05) is 49.1 Å². The predicted molar refractivity (Wildman–Crippen MR) is 99.0 cm³/mol. The van der Waals surface area contributed by atoms with Gasteiger partial charge >= 0.3 is 0 Å². The SMILES string of the molecule is C.CC(C)CN1CC[C@@H](Nc2ccc3cnccc3c2)C1.Cl. The highest BCUT2D eigenvalue weighted by Gasteiger charge is 2.22. The molecule has 0 saturated carbocycles. The predicted octanol–water partition coefficient (Wildman–Crippen LogP) is 4.43. The molecule has 2 heterocycles. The summed E-state index contributed by atoms with van der Waals surface area (Å²) in [5, 5.41) is 6.13. The molecule has 1 saturated heterocycles. The van der Waals surface area contributed by atoms with Crippen molar-refractivity contribution in [2.24, 2.45) is 5.92 Å². The average molecular weight is 322 g/mol. The fourth-order valence-corrected chi connectivity index (χ4v) is 3.04. The van der Waals surface area contributed by atoms with Crippen molar-refractivity contribution in [2.45, 2.75) is 33.7 Å². The van der Waals surface area contributed by atoms with Crippen molar-refractivity contribution >= 4 is 28.9 Å². The molecule has 3 rings (SSSR count). The molecule has 1 aromatic heterocycles. The van der Waals surface area contributed by atoms with Gasteiger partial charge in [0.05, 0.1) is 0 Å². The van der Waals surface area contributed by atoms with Crippen LogP contribution in [0, 0.1) is 5.92 Å². The third-order valence-corrected chi connectivity index (χ3v) is 3.91. The zero-order chi connectivity index (χ0) is 13.9. The maximum atomic E-state index is 4.16. The monoisotopic (exact) mass is 321 g/mol. The first-order chi connectivity index (χ1) is 9.70. The lowest BCUT2D eigenvalue weighted by molar-refractivity contribution is 0.296. The van der Waals surface area contributed by atoms with Gasteiger partial charge in [0.25, 0.3) is 0 Å². The molecule has 22 heavy (non-hydrogen) atoms. The van der Waals surface area contributed by atoms with Gasteiger partial charge in [-0.1, -0.05) is 27.3 Å². The Morgan fingerprint density at radius 1 is 1.27 bits per heavy atom. The lowest BCUT2D eigenvalue weighted by Crippen LogP contribution is -2.28. The van der Waals surface area contributed by atoms with E-state index in [1.165, 1.54) is 36.0 Å². The Morgan fingerprint density at radius 2 is 2.09 bits per heavy atom. The van der Waals surface area contributed by atoms with Gasteiger partial charge in [-0.2, -0.15) is 0 Å². The summed E-state index contributed by atoms with van der Waals surface area (Å²) in [5.74, 6) is 0.752. The highest BCUT2D eigenvalue weighted by Crippen LogP contribution is 2.21. The lowest BCUT2D eigenvalue weighted by atomic mass is 10.1. The summed E-state index contributed by atoms with van der Waals surface area (Å²) in [6.45, 7) is 8.16. The van der Waals surface area contributed by atoms with Crippen LogP contribution in [-0.4, -0.2) is 35.6 Å². The zero-order valence-electron chi connectivity index (χ0n) is 12.7. The Bertz CT molecular complexity index is 585. The van der Waals surface area contributed by atoms with Crippen molar-refractivity contribution < 1.29 is 0 Å². The number of hydrogen-bond donors (Lipinski definition) is 1. The summed E-state index contributed by atoms with van der Waals surface area (Å²) in [6.07, 6.45) is 5.01. The number of fused-ring (bicyclic) bond motifs is 1. The van der Waals surface area contributed by atoms with Crippen LogP contribution in [0.15, 0.2) is 36.7 Å². The second-order valence-corrected chi connectivity index (χ2v) is 6.22. The van der Waals surface area contributed by atoms with Crippen molar-refractivity contribution in [1.82, 2.24) is 9.88 Å². The number of aromatic nitrogens is 1. The molecular weight excluding hydrogens is 294 g/mol. The minimum atomic E-state index is 0. The molecule has 4 heteroatoms. The number of hydrogen-bond acceptors (Lipinski definition) is 3. The van der Waals surface area contributed by atoms with E-state index in [-0.39, 0.29) is 19.8 Å². The first-order valence-electron chi connectivity index (χ1n) is 7.53. The first kappa shape index (κ1) is 18.7. The summed E-state index contributed by atoms with van der Waals surface area (Å²) >= 11 is 0. The van der Waals surface area contributed by atoms with Gasteiger partial charge in [0.15, 0.2) is 0 Å². The fourth-order valence-electron chi connectivity index (χ4n) is 3.04. The van der Waals surface area contributed by atoms with E-state index in [2.05, 4.69) is 53.3 Å². The van der Waals surface area contributed by atoms with Crippen LogP contribution in [0.4, 0.5) is 5.69 Å². The molecule has 1 aliphatic rings. The molecule has 0 amide bonds. The van der Waals surface area contributed by atoms with Crippen molar-refractivity contribution in [3.05, 3.63) is 36.7 Å². The lowest BCUT2D eigenvalue weighted by Gasteiger charge is -2.19. The van der Waals surface area contributed by atoms with Gasteiger partial charge in [-0.05, 0) is 35.9 Å².